The second-order valence-corrected chi connectivity index (χ2v) is 9.25. The average Bonchev–Trinajstić information content (AvgIpc) is 2.67. The first kappa shape index (κ1) is 20.3. The summed E-state index contributed by atoms with van der Waals surface area (Å²) in [4.78, 5) is 0. The van der Waals surface area contributed by atoms with Gasteiger partial charge in [-0.1, -0.05) is 36.6 Å². The minimum atomic E-state index is -0.758. The lowest BCUT2D eigenvalue weighted by Gasteiger charge is -2.37. The van der Waals surface area contributed by atoms with Gasteiger partial charge in [-0.2, -0.15) is 0 Å². The van der Waals surface area contributed by atoms with Gasteiger partial charge in [-0.3, -0.25) is 0 Å². The summed E-state index contributed by atoms with van der Waals surface area (Å²) in [6, 6.07) is 3.32. The molecule has 3 rings (SSSR count). The zero-order valence-corrected chi connectivity index (χ0v) is 17.5. The van der Waals surface area contributed by atoms with E-state index in [0.29, 0.717) is 23.8 Å². The Balaban J connectivity index is 1.42. The molecule has 0 saturated heterocycles. The van der Waals surface area contributed by atoms with Crippen molar-refractivity contribution in [3.05, 3.63) is 45.4 Å². The first-order valence-electron chi connectivity index (χ1n) is 9.97. The molecule has 0 radical (unpaired) electrons. The van der Waals surface area contributed by atoms with E-state index in [1.165, 1.54) is 51.4 Å². The Morgan fingerprint density at radius 2 is 1.54 bits per heavy atom. The predicted octanol–water partition coefficient (Wildman–Crippen LogP) is 8.03. The van der Waals surface area contributed by atoms with Crippen LogP contribution >= 0.6 is 27.5 Å². The fourth-order valence-corrected chi connectivity index (χ4v) is 5.49. The van der Waals surface area contributed by atoms with Crippen LogP contribution in [0.4, 0.5) is 8.78 Å². The standard InChI is InChI=1S/C22H28BrClF2/c23-20-12-11-19(21(25)22(20)26)10-5-15-1-6-17(7-2-15)18-8-3-16(4-9-18)13-14-24/h11-18H,1-10H2. The molecule has 0 unspecified atom stereocenters. The molecule has 0 atom stereocenters. The maximum atomic E-state index is 14.0. The van der Waals surface area contributed by atoms with Gasteiger partial charge in [0.15, 0.2) is 11.6 Å². The van der Waals surface area contributed by atoms with Gasteiger partial charge in [0, 0.05) is 5.54 Å². The number of halogens is 4. The summed E-state index contributed by atoms with van der Waals surface area (Å²) in [5, 5.41) is 0. The number of allylic oxidation sites excluding steroid dienone is 1. The number of hydrogen-bond donors (Lipinski definition) is 0. The summed E-state index contributed by atoms with van der Waals surface area (Å²) in [6.07, 6.45) is 14.1. The van der Waals surface area contributed by atoms with Crippen LogP contribution < -0.4 is 0 Å². The van der Waals surface area contributed by atoms with Crippen LogP contribution in [0.1, 0.15) is 63.4 Å². The van der Waals surface area contributed by atoms with E-state index in [1.807, 2.05) is 0 Å². The van der Waals surface area contributed by atoms with Gasteiger partial charge in [-0.15, -0.1) is 0 Å². The molecule has 0 aromatic heterocycles. The van der Waals surface area contributed by atoms with Gasteiger partial charge in [0.2, 0.25) is 0 Å². The van der Waals surface area contributed by atoms with Crippen LogP contribution in [0.5, 0.6) is 0 Å². The van der Waals surface area contributed by atoms with E-state index in [-0.39, 0.29) is 4.47 Å². The van der Waals surface area contributed by atoms with E-state index in [0.717, 1.165) is 18.3 Å². The molecule has 0 N–H and O–H groups in total. The van der Waals surface area contributed by atoms with Crippen molar-refractivity contribution < 1.29 is 8.78 Å². The third kappa shape index (κ3) is 5.10. The summed E-state index contributed by atoms with van der Waals surface area (Å²) >= 11 is 8.75. The lowest BCUT2D eigenvalue weighted by atomic mass is 9.68. The average molecular weight is 446 g/mol. The molecular formula is C22H28BrClF2. The minimum absolute atomic E-state index is 0.204. The van der Waals surface area contributed by atoms with Crippen molar-refractivity contribution in [3.63, 3.8) is 0 Å². The number of hydrogen-bond acceptors (Lipinski definition) is 0. The van der Waals surface area contributed by atoms with Crippen LogP contribution in [-0.4, -0.2) is 0 Å². The molecule has 1 aromatic rings. The van der Waals surface area contributed by atoms with Crippen LogP contribution in [0.15, 0.2) is 28.2 Å². The van der Waals surface area contributed by atoms with Crippen molar-refractivity contribution in [2.75, 3.05) is 0 Å². The SMILES string of the molecule is Fc1c(Br)ccc(CCC2CCC(C3CCC(C=CCl)CC3)CC2)c1F. The van der Waals surface area contributed by atoms with Gasteiger partial charge in [0.25, 0.3) is 0 Å². The van der Waals surface area contributed by atoms with E-state index < -0.39 is 11.6 Å². The molecule has 0 spiro atoms. The maximum absolute atomic E-state index is 14.0. The second-order valence-electron chi connectivity index (χ2n) is 8.15. The van der Waals surface area contributed by atoms with Crippen LogP contribution in [-0.2, 0) is 6.42 Å². The molecule has 4 heteroatoms. The minimum Gasteiger partial charge on any atom is -0.203 e. The van der Waals surface area contributed by atoms with Crippen LogP contribution in [0, 0.1) is 35.3 Å². The Hall–Kier alpha value is -0.410. The van der Waals surface area contributed by atoms with Gasteiger partial charge in [-0.25, -0.2) is 8.78 Å². The zero-order valence-electron chi connectivity index (χ0n) is 15.2. The van der Waals surface area contributed by atoms with Crippen molar-refractivity contribution in [1.82, 2.24) is 0 Å². The first-order valence-corrected chi connectivity index (χ1v) is 11.2. The van der Waals surface area contributed by atoms with Crippen LogP contribution in [0.25, 0.3) is 0 Å². The number of aryl methyl sites for hydroxylation is 1. The normalized spacial score (nSPS) is 30.0. The highest BCUT2D eigenvalue weighted by molar-refractivity contribution is 9.10. The molecule has 0 heterocycles. The predicted molar refractivity (Wildman–Crippen MR) is 108 cm³/mol. The highest BCUT2D eigenvalue weighted by Crippen LogP contribution is 2.42. The quantitative estimate of drug-likeness (QED) is 0.402. The molecule has 2 saturated carbocycles. The smallest absolute Gasteiger partial charge is 0.173 e. The summed E-state index contributed by atoms with van der Waals surface area (Å²) < 4.78 is 27.9. The second kappa shape index (κ2) is 9.68. The Morgan fingerprint density at radius 1 is 0.923 bits per heavy atom. The highest BCUT2D eigenvalue weighted by atomic mass is 79.9. The topological polar surface area (TPSA) is 0 Å². The Labute approximate surface area is 169 Å². The molecule has 144 valence electrons. The summed E-state index contributed by atoms with van der Waals surface area (Å²) in [5.74, 6) is 1.65. The van der Waals surface area contributed by atoms with Crippen molar-refractivity contribution in [3.8, 4) is 0 Å². The molecule has 1 aromatic carbocycles. The van der Waals surface area contributed by atoms with Crippen LogP contribution in [0.2, 0.25) is 0 Å². The Morgan fingerprint density at radius 3 is 2.15 bits per heavy atom. The van der Waals surface area contributed by atoms with E-state index in [4.69, 9.17) is 11.6 Å². The van der Waals surface area contributed by atoms with E-state index >= 15 is 0 Å². The molecule has 2 aliphatic rings. The molecule has 0 aliphatic heterocycles. The lowest BCUT2D eigenvalue weighted by molar-refractivity contribution is 0.152. The number of rotatable bonds is 5. The Kier molecular flexibility index (Phi) is 7.57. The number of benzene rings is 1. The van der Waals surface area contributed by atoms with Gasteiger partial charge in [0.05, 0.1) is 4.47 Å². The van der Waals surface area contributed by atoms with Crippen molar-refractivity contribution in [2.24, 2.45) is 23.7 Å². The third-order valence-corrected chi connectivity index (χ3v) is 7.41. The first-order chi connectivity index (χ1) is 12.6. The third-order valence-electron chi connectivity index (χ3n) is 6.66. The molecule has 2 fully saturated rings. The summed E-state index contributed by atoms with van der Waals surface area (Å²) in [6.45, 7) is 0. The Bertz CT molecular complexity index is 615. The molecule has 0 amide bonds. The van der Waals surface area contributed by atoms with Gasteiger partial charge in [-0.05, 0) is 103 Å². The van der Waals surface area contributed by atoms with E-state index in [2.05, 4.69) is 22.0 Å². The molecule has 0 bridgehead atoms. The van der Waals surface area contributed by atoms with Gasteiger partial charge < -0.3 is 0 Å². The monoisotopic (exact) mass is 444 g/mol. The maximum Gasteiger partial charge on any atom is 0.173 e. The highest BCUT2D eigenvalue weighted by Gasteiger charge is 2.30. The molecular weight excluding hydrogens is 418 g/mol. The van der Waals surface area contributed by atoms with Gasteiger partial charge in [0.1, 0.15) is 0 Å². The van der Waals surface area contributed by atoms with Crippen molar-refractivity contribution in [1.29, 1.82) is 0 Å². The van der Waals surface area contributed by atoms with Gasteiger partial charge >= 0.3 is 0 Å². The summed E-state index contributed by atoms with van der Waals surface area (Å²) in [5.41, 5.74) is 2.19. The van der Waals surface area contributed by atoms with Crippen LogP contribution in [0.3, 0.4) is 0 Å². The molecule has 26 heavy (non-hydrogen) atoms. The van der Waals surface area contributed by atoms with Crippen molar-refractivity contribution >= 4 is 27.5 Å². The molecule has 0 nitrogen and oxygen atoms in total. The largest absolute Gasteiger partial charge is 0.203 e. The lowest BCUT2D eigenvalue weighted by Crippen LogP contribution is -2.25. The fraction of sp³-hybridized carbons (Fsp3) is 0.636. The fourth-order valence-electron chi connectivity index (χ4n) is 4.98. The van der Waals surface area contributed by atoms with Crippen molar-refractivity contribution in [2.45, 2.75) is 64.2 Å². The van der Waals surface area contributed by atoms with E-state index in [1.54, 1.807) is 17.7 Å². The van der Waals surface area contributed by atoms with E-state index in [9.17, 15) is 8.78 Å². The molecule has 2 aliphatic carbocycles. The zero-order chi connectivity index (χ0) is 18.5. The summed E-state index contributed by atoms with van der Waals surface area (Å²) in [7, 11) is 0.